The Hall–Kier alpha value is -1.34. The number of aromatic amines is 1. The zero-order chi connectivity index (χ0) is 16.2. The van der Waals surface area contributed by atoms with Gasteiger partial charge in [-0.05, 0) is 24.5 Å². The molecular weight excluding hydrogens is 363 g/mol. The van der Waals surface area contributed by atoms with Gasteiger partial charge in [0.1, 0.15) is 11.9 Å². The van der Waals surface area contributed by atoms with E-state index < -0.39 is 6.10 Å². The summed E-state index contributed by atoms with van der Waals surface area (Å²) in [5.74, 6) is 1.17. The fourth-order valence-electron chi connectivity index (χ4n) is 2.85. The number of halogens is 2. The molecule has 3 rings (SSSR count). The van der Waals surface area contributed by atoms with Crippen LogP contribution in [-0.2, 0) is 9.53 Å². The minimum atomic E-state index is -0.428. The van der Waals surface area contributed by atoms with Crippen LogP contribution in [0.15, 0.2) is 24.3 Å². The van der Waals surface area contributed by atoms with E-state index in [4.69, 9.17) is 4.74 Å². The topological polar surface area (TPSA) is 79.0 Å². The molecule has 2 aromatic rings. The highest BCUT2D eigenvalue weighted by molar-refractivity contribution is 5.85. The number of para-hydroxylation sites is 2. The maximum Gasteiger partial charge on any atom is 0.251 e. The highest BCUT2D eigenvalue weighted by Gasteiger charge is 2.26. The van der Waals surface area contributed by atoms with Crippen LogP contribution in [0.2, 0.25) is 0 Å². The van der Waals surface area contributed by atoms with E-state index in [2.05, 4.69) is 34.4 Å². The number of ether oxygens (including phenoxy) is 1. The van der Waals surface area contributed by atoms with E-state index in [1.807, 2.05) is 24.3 Å². The van der Waals surface area contributed by atoms with Crippen LogP contribution < -0.4 is 10.6 Å². The molecule has 2 atom stereocenters. The molecule has 0 radical (unpaired) electrons. The molecule has 1 aromatic heterocycles. The quantitative estimate of drug-likeness (QED) is 0.735. The van der Waals surface area contributed by atoms with Crippen molar-refractivity contribution in [3.05, 3.63) is 30.1 Å². The van der Waals surface area contributed by atoms with E-state index in [0.717, 1.165) is 29.8 Å². The maximum absolute atomic E-state index is 12.5. The summed E-state index contributed by atoms with van der Waals surface area (Å²) < 4.78 is 5.54. The second kappa shape index (κ2) is 9.97. The molecule has 2 heterocycles. The Labute approximate surface area is 160 Å². The first-order valence-electron chi connectivity index (χ1n) is 8.21. The van der Waals surface area contributed by atoms with Crippen LogP contribution in [0.1, 0.15) is 32.1 Å². The molecule has 1 aromatic carbocycles. The van der Waals surface area contributed by atoms with E-state index in [0.29, 0.717) is 19.1 Å². The Kier molecular flexibility index (Phi) is 8.65. The van der Waals surface area contributed by atoms with Gasteiger partial charge in [0.2, 0.25) is 0 Å². The Balaban J connectivity index is 0.00000156. The molecule has 1 saturated heterocycles. The highest BCUT2D eigenvalue weighted by Crippen LogP contribution is 2.22. The predicted molar refractivity (Wildman–Crippen MR) is 104 cm³/mol. The van der Waals surface area contributed by atoms with Crippen molar-refractivity contribution in [2.45, 2.75) is 32.4 Å². The predicted octanol–water partition coefficient (Wildman–Crippen LogP) is 2.60. The number of fused-ring (bicyclic) bond motifs is 1. The highest BCUT2D eigenvalue weighted by atomic mass is 35.5. The zero-order valence-corrected chi connectivity index (χ0v) is 16.1. The van der Waals surface area contributed by atoms with Gasteiger partial charge < -0.3 is 20.4 Å². The molecule has 6 nitrogen and oxygen atoms in total. The number of aromatic nitrogens is 2. The SMILES string of the molecule is CC(C)CC(NC(=O)C1CNCCO1)c1nc2ccccc2[nH]1.Cl.Cl. The van der Waals surface area contributed by atoms with Gasteiger partial charge in [-0.2, -0.15) is 0 Å². The number of hydrogen-bond donors (Lipinski definition) is 3. The fraction of sp³-hybridized carbons (Fsp3) is 0.529. The molecule has 1 aliphatic rings. The summed E-state index contributed by atoms with van der Waals surface area (Å²) in [6, 6.07) is 7.76. The van der Waals surface area contributed by atoms with Gasteiger partial charge in [-0.15, -0.1) is 24.8 Å². The van der Waals surface area contributed by atoms with Crippen molar-refractivity contribution in [3.63, 3.8) is 0 Å². The molecule has 1 amide bonds. The van der Waals surface area contributed by atoms with Gasteiger partial charge in [0.15, 0.2) is 0 Å². The summed E-state index contributed by atoms with van der Waals surface area (Å²) in [5.41, 5.74) is 1.90. The first kappa shape index (κ1) is 21.7. The van der Waals surface area contributed by atoms with Crippen LogP contribution in [0.5, 0.6) is 0 Å². The van der Waals surface area contributed by atoms with Gasteiger partial charge in [0.25, 0.3) is 5.91 Å². The van der Waals surface area contributed by atoms with Crippen LogP contribution in [0, 0.1) is 5.92 Å². The third kappa shape index (κ3) is 5.57. The minimum Gasteiger partial charge on any atom is -0.366 e. The molecule has 1 fully saturated rings. The van der Waals surface area contributed by atoms with Gasteiger partial charge in [0.05, 0.1) is 23.7 Å². The third-order valence-electron chi connectivity index (χ3n) is 3.98. The number of carbonyl (C=O) groups is 1. The Morgan fingerprint density at radius 3 is 2.76 bits per heavy atom. The number of H-pyrrole nitrogens is 1. The van der Waals surface area contributed by atoms with E-state index in [9.17, 15) is 4.79 Å². The smallest absolute Gasteiger partial charge is 0.251 e. The van der Waals surface area contributed by atoms with Gasteiger partial charge in [0, 0.05) is 13.1 Å². The largest absolute Gasteiger partial charge is 0.366 e. The van der Waals surface area contributed by atoms with Crippen LogP contribution in [0.3, 0.4) is 0 Å². The average Bonchev–Trinajstić information content (AvgIpc) is 2.98. The molecule has 0 aliphatic carbocycles. The van der Waals surface area contributed by atoms with Crippen molar-refractivity contribution in [1.82, 2.24) is 20.6 Å². The molecular formula is C17H26Cl2N4O2. The first-order chi connectivity index (χ1) is 11.1. The summed E-state index contributed by atoms with van der Waals surface area (Å²) in [7, 11) is 0. The van der Waals surface area contributed by atoms with E-state index in [1.165, 1.54) is 0 Å². The Morgan fingerprint density at radius 2 is 2.12 bits per heavy atom. The normalized spacial score (nSPS) is 18.3. The fourth-order valence-corrected chi connectivity index (χ4v) is 2.85. The lowest BCUT2D eigenvalue weighted by Crippen LogP contribution is -2.48. The second-order valence-corrected chi connectivity index (χ2v) is 6.39. The second-order valence-electron chi connectivity index (χ2n) is 6.39. The number of rotatable bonds is 5. The van der Waals surface area contributed by atoms with Gasteiger partial charge >= 0.3 is 0 Å². The summed E-state index contributed by atoms with van der Waals surface area (Å²) in [5, 5.41) is 6.28. The number of hydrogen-bond acceptors (Lipinski definition) is 4. The number of imidazole rings is 1. The van der Waals surface area contributed by atoms with Gasteiger partial charge in [-0.1, -0.05) is 26.0 Å². The van der Waals surface area contributed by atoms with Crippen molar-refractivity contribution in [3.8, 4) is 0 Å². The standard InChI is InChI=1S/C17H24N4O2.2ClH/c1-11(2)9-14(21-17(22)15-10-18-7-8-23-15)16-19-12-5-3-4-6-13(12)20-16;;/h3-6,11,14-15,18H,7-10H2,1-2H3,(H,19,20)(H,21,22);2*1H. The van der Waals surface area contributed by atoms with Crippen molar-refractivity contribution >= 4 is 41.8 Å². The summed E-state index contributed by atoms with van der Waals surface area (Å²) in [6.07, 6.45) is 0.397. The van der Waals surface area contributed by atoms with Crippen molar-refractivity contribution in [2.75, 3.05) is 19.7 Å². The summed E-state index contributed by atoms with van der Waals surface area (Å²) in [4.78, 5) is 20.4. The van der Waals surface area contributed by atoms with Crippen LogP contribution >= 0.6 is 24.8 Å². The molecule has 3 N–H and O–H groups in total. The maximum atomic E-state index is 12.5. The van der Waals surface area contributed by atoms with Crippen molar-refractivity contribution in [1.29, 1.82) is 0 Å². The third-order valence-corrected chi connectivity index (χ3v) is 3.98. The molecule has 0 saturated carbocycles. The molecule has 140 valence electrons. The number of morpholine rings is 1. The first-order valence-corrected chi connectivity index (χ1v) is 8.21. The average molecular weight is 389 g/mol. The van der Waals surface area contributed by atoms with Gasteiger partial charge in [-0.3, -0.25) is 4.79 Å². The lowest BCUT2D eigenvalue weighted by Gasteiger charge is -2.26. The number of nitrogens with zero attached hydrogens (tertiary/aromatic N) is 1. The van der Waals surface area contributed by atoms with E-state index in [1.54, 1.807) is 0 Å². The molecule has 8 heteroatoms. The van der Waals surface area contributed by atoms with Crippen LogP contribution in [0.25, 0.3) is 11.0 Å². The zero-order valence-electron chi connectivity index (χ0n) is 14.5. The Morgan fingerprint density at radius 1 is 1.36 bits per heavy atom. The number of nitrogens with one attached hydrogen (secondary N) is 3. The molecule has 0 spiro atoms. The van der Waals surface area contributed by atoms with E-state index >= 15 is 0 Å². The lowest BCUT2D eigenvalue weighted by molar-refractivity contribution is -0.135. The molecule has 0 bridgehead atoms. The summed E-state index contributed by atoms with van der Waals surface area (Å²) in [6.45, 7) is 6.20. The number of amides is 1. The van der Waals surface area contributed by atoms with Crippen molar-refractivity contribution in [2.24, 2.45) is 5.92 Å². The van der Waals surface area contributed by atoms with Crippen molar-refractivity contribution < 1.29 is 9.53 Å². The minimum absolute atomic E-state index is 0. The molecule has 2 unspecified atom stereocenters. The lowest BCUT2D eigenvalue weighted by atomic mass is 10.0. The monoisotopic (exact) mass is 388 g/mol. The van der Waals surface area contributed by atoms with Gasteiger partial charge in [-0.25, -0.2) is 4.98 Å². The van der Waals surface area contributed by atoms with E-state index in [-0.39, 0.29) is 36.8 Å². The van der Waals surface area contributed by atoms with Crippen LogP contribution in [-0.4, -0.2) is 41.7 Å². The number of benzene rings is 1. The molecule has 25 heavy (non-hydrogen) atoms. The van der Waals surface area contributed by atoms with Crippen LogP contribution in [0.4, 0.5) is 0 Å². The summed E-state index contributed by atoms with van der Waals surface area (Å²) >= 11 is 0. The number of carbonyl (C=O) groups excluding carboxylic acids is 1. The molecule has 1 aliphatic heterocycles. The Bertz CT molecular complexity index is 638.